The van der Waals surface area contributed by atoms with Crippen molar-refractivity contribution in [2.24, 2.45) is 5.73 Å². The fourth-order valence-corrected chi connectivity index (χ4v) is 6.14. The van der Waals surface area contributed by atoms with Crippen molar-refractivity contribution in [3.8, 4) is 0 Å². The van der Waals surface area contributed by atoms with Gasteiger partial charge in [0.05, 0.1) is 13.2 Å². The molecular formula is C41H74NO10P. The molecule has 11 nitrogen and oxygen atoms in total. The van der Waals surface area contributed by atoms with Gasteiger partial charge in [0.2, 0.25) is 0 Å². The van der Waals surface area contributed by atoms with Crippen molar-refractivity contribution in [2.75, 3.05) is 19.8 Å². The second kappa shape index (κ2) is 36.7. The molecule has 308 valence electrons. The molecule has 0 aliphatic rings. The van der Waals surface area contributed by atoms with E-state index in [0.29, 0.717) is 12.8 Å². The van der Waals surface area contributed by atoms with Crippen LogP contribution >= 0.6 is 7.82 Å². The van der Waals surface area contributed by atoms with Crippen molar-refractivity contribution in [1.82, 2.24) is 0 Å². The number of carboxylic acids is 1. The van der Waals surface area contributed by atoms with Gasteiger partial charge in [-0.3, -0.25) is 23.4 Å². The van der Waals surface area contributed by atoms with Gasteiger partial charge in [-0.05, 0) is 51.4 Å². The maximum absolute atomic E-state index is 12.6. The number of rotatable bonds is 38. The number of carbonyl (C=O) groups is 3. The van der Waals surface area contributed by atoms with Crippen molar-refractivity contribution in [1.29, 1.82) is 0 Å². The lowest BCUT2D eigenvalue weighted by Crippen LogP contribution is -2.34. The molecule has 12 heteroatoms. The van der Waals surface area contributed by atoms with E-state index in [1.54, 1.807) is 0 Å². The van der Waals surface area contributed by atoms with Gasteiger partial charge in [-0.2, -0.15) is 0 Å². The third-order valence-corrected chi connectivity index (χ3v) is 9.59. The molecule has 1 unspecified atom stereocenters. The second-order valence-electron chi connectivity index (χ2n) is 13.8. The molecule has 0 aromatic rings. The van der Waals surface area contributed by atoms with Gasteiger partial charge in [0, 0.05) is 12.8 Å². The Morgan fingerprint density at radius 1 is 0.585 bits per heavy atom. The highest BCUT2D eigenvalue weighted by Gasteiger charge is 2.28. The van der Waals surface area contributed by atoms with Crippen LogP contribution in [-0.4, -0.2) is 59.9 Å². The van der Waals surface area contributed by atoms with Crippen LogP contribution in [0.5, 0.6) is 0 Å². The van der Waals surface area contributed by atoms with Crippen molar-refractivity contribution in [3.05, 3.63) is 36.5 Å². The zero-order valence-corrected chi connectivity index (χ0v) is 34.0. The lowest BCUT2D eigenvalue weighted by atomic mass is 10.0. The summed E-state index contributed by atoms with van der Waals surface area (Å²) in [6.45, 7) is 2.73. The van der Waals surface area contributed by atoms with E-state index in [1.165, 1.54) is 83.5 Å². The third-order valence-electron chi connectivity index (χ3n) is 8.64. The standard InChI is InChI=1S/C41H74NO10P/c1-3-5-7-9-11-13-15-17-19-21-22-24-26-28-30-32-39(43)49-34-37(35-50-53(47,48)51-36-38(42)41(45)46)52-40(44)33-31-29-27-25-23-20-18-16-14-12-10-8-6-4-2/h11,13,17,19,22,24,37-38H,3-10,12,14-16,18,20-21,23,25-36,42H2,1-2H3,(H,45,46)(H,47,48)/b13-11-,19-17-,24-22-/t37-,38+/m1/s1. The van der Waals surface area contributed by atoms with Crippen LogP contribution in [0.25, 0.3) is 0 Å². The highest BCUT2D eigenvalue weighted by molar-refractivity contribution is 7.47. The number of phosphoric acid groups is 1. The van der Waals surface area contributed by atoms with Crippen LogP contribution in [-0.2, 0) is 37.5 Å². The average Bonchev–Trinajstić information content (AvgIpc) is 3.13. The van der Waals surface area contributed by atoms with Gasteiger partial charge >= 0.3 is 25.7 Å². The molecule has 0 saturated carbocycles. The number of allylic oxidation sites excluding steroid dienone is 6. The van der Waals surface area contributed by atoms with E-state index in [0.717, 1.165) is 51.4 Å². The highest BCUT2D eigenvalue weighted by atomic mass is 31.2. The summed E-state index contributed by atoms with van der Waals surface area (Å²) in [5.74, 6) is -2.42. The second-order valence-corrected chi connectivity index (χ2v) is 15.2. The van der Waals surface area contributed by atoms with E-state index in [2.05, 4.69) is 54.8 Å². The normalized spacial score (nSPS) is 14.2. The summed E-state index contributed by atoms with van der Waals surface area (Å²) in [7, 11) is -4.72. The largest absolute Gasteiger partial charge is 0.480 e. The SMILES string of the molecule is CCCCC/C=C\C/C=C\C/C=C\CCCCC(=O)OC[C@H](COP(=O)(O)OC[C@H](N)C(=O)O)OC(=O)CCCCCCCCCCCCCCCC. The minimum Gasteiger partial charge on any atom is -0.480 e. The molecule has 0 heterocycles. The summed E-state index contributed by atoms with van der Waals surface area (Å²) < 4.78 is 32.6. The molecule has 0 fully saturated rings. The summed E-state index contributed by atoms with van der Waals surface area (Å²) in [5.41, 5.74) is 5.32. The van der Waals surface area contributed by atoms with Gasteiger partial charge in [0.1, 0.15) is 12.6 Å². The van der Waals surface area contributed by atoms with Crippen molar-refractivity contribution in [2.45, 2.75) is 187 Å². The number of phosphoric ester groups is 1. The van der Waals surface area contributed by atoms with E-state index < -0.39 is 51.1 Å². The smallest absolute Gasteiger partial charge is 0.472 e. The molecule has 0 radical (unpaired) electrons. The van der Waals surface area contributed by atoms with Crippen LogP contribution < -0.4 is 5.73 Å². The first-order chi connectivity index (χ1) is 25.6. The van der Waals surface area contributed by atoms with Gasteiger partial charge < -0.3 is 25.2 Å². The van der Waals surface area contributed by atoms with Crippen LogP contribution in [0.1, 0.15) is 174 Å². The predicted octanol–water partition coefficient (Wildman–Crippen LogP) is 10.4. The lowest BCUT2D eigenvalue weighted by Gasteiger charge is -2.20. The van der Waals surface area contributed by atoms with Crippen LogP contribution in [0, 0.1) is 0 Å². The molecule has 0 aromatic heterocycles. The van der Waals surface area contributed by atoms with Gasteiger partial charge in [-0.25, -0.2) is 4.57 Å². The predicted molar refractivity (Wildman–Crippen MR) is 212 cm³/mol. The molecule has 0 bridgehead atoms. The molecule has 0 rings (SSSR count). The van der Waals surface area contributed by atoms with E-state index in [4.69, 9.17) is 24.8 Å². The van der Waals surface area contributed by atoms with Crippen molar-refractivity contribution >= 4 is 25.7 Å². The van der Waals surface area contributed by atoms with E-state index in [-0.39, 0.29) is 19.4 Å². The number of unbranched alkanes of at least 4 members (excludes halogenated alkanes) is 18. The summed E-state index contributed by atoms with van der Waals surface area (Å²) in [4.78, 5) is 45.8. The first kappa shape index (κ1) is 50.7. The first-order valence-corrected chi connectivity index (χ1v) is 22.0. The van der Waals surface area contributed by atoms with Crippen molar-refractivity contribution < 1.29 is 47.5 Å². The molecule has 4 N–H and O–H groups in total. The molecule has 0 amide bonds. The van der Waals surface area contributed by atoms with E-state index >= 15 is 0 Å². The van der Waals surface area contributed by atoms with Crippen LogP contribution in [0.2, 0.25) is 0 Å². The van der Waals surface area contributed by atoms with Crippen LogP contribution in [0.4, 0.5) is 0 Å². The molecule has 0 aliphatic carbocycles. The molecular weight excluding hydrogens is 697 g/mol. The first-order valence-electron chi connectivity index (χ1n) is 20.5. The summed E-state index contributed by atoms with van der Waals surface area (Å²) in [6.07, 6.45) is 37.8. The minimum atomic E-state index is -4.72. The fraction of sp³-hybridized carbons (Fsp3) is 0.780. The van der Waals surface area contributed by atoms with Gasteiger partial charge in [-0.15, -0.1) is 0 Å². The topological polar surface area (TPSA) is 172 Å². The van der Waals surface area contributed by atoms with Gasteiger partial charge in [-0.1, -0.05) is 147 Å². The molecule has 0 aliphatic heterocycles. The van der Waals surface area contributed by atoms with Crippen LogP contribution in [0.3, 0.4) is 0 Å². The molecule has 3 atom stereocenters. The van der Waals surface area contributed by atoms with E-state index in [1.807, 2.05) is 0 Å². The zero-order valence-electron chi connectivity index (χ0n) is 33.1. The Kier molecular flexibility index (Phi) is 35.1. The number of esters is 2. The lowest BCUT2D eigenvalue weighted by molar-refractivity contribution is -0.161. The van der Waals surface area contributed by atoms with E-state index in [9.17, 15) is 23.8 Å². The van der Waals surface area contributed by atoms with Crippen molar-refractivity contribution in [3.63, 3.8) is 0 Å². The molecule has 0 saturated heterocycles. The summed E-state index contributed by atoms with van der Waals surface area (Å²) >= 11 is 0. The molecule has 0 spiro atoms. The number of nitrogens with two attached hydrogens (primary N) is 1. The Bertz CT molecular complexity index is 1050. The summed E-state index contributed by atoms with van der Waals surface area (Å²) in [6, 6.07) is -1.52. The Morgan fingerprint density at radius 2 is 1.00 bits per heavy atom. The number of ether oxygens (including phenoxy) is 2. The average molecular weight is 772 g/mol. The highest BCUT2D eigenvalue weighted by Crippen LogP contribution is 2.43. The Labute approximate surface area is 321 Å². The fourth-order valence-electron chi connectivity index (χ4n) is 5.36. The molecule has 0 aromatic carbocycles. The van der Waals surface area contributed by atoms with Gasteiger partial charge in [0.15, 0.2) is 6.10 Å². The minimum absolute atomic E-state index is 0.155. The number of carbonyl (C=O) groups excluding carboxylic acids is 2. The monoisotopic (exact) mass is 772 g/mol. The van der Waals surface area contributed by atoms with Gasteiger partial charge in [0.25, 0.3) is 0 Å². The molecule has 53 heavy (non-hydrogen) atoms. The Balaban J connectivity index is 4.46. The number of hydrogen-bond donors (Lipinski definition) is 3. The van der Waals surface area contributed by atoms with Crippen LogP contribution in [0.15, 0.2) is 36.5 Å². The number of hydrogen-bond acceptors (Lipinski definition) is 9. The Hall–Kier alpha value is -2.30. The quantitative estimate of drug-likeness (QED) is 0.0236. The summed E-state index contributed by atoms with van der Waals surface area (Å²) in [5, 5.41) is 8.87. The Morgan fingerprint density at radius 3 is 1.53 bits per heavy atom. The maximum atomic E-state index is 12.6. The number of aliphatic carboxylic acids is 1. The zero-order chi connectivity index (χ0) is 39.3. The maximum Gasteiger partial charge on any atom is 0.472 e. The third kappa shape index (κ3) is 36.4. The number of carboxylic acid groups (broad SMARTS) is 1.